The molecule has 1 saturated heterocycles. The van der Waals surface area contributed by atoms with Gasteiger partial charge >= 0.3 is 0 Å². The fourth-order valence-electron chi connectivity index (χ4n) is 3.95. The van der Waals surface area contributed by atoms with E-state index in [0.29, 0.717) is 36.8 Å². The second-order valence-electron chi connectivity index (χ2n) is 7.18. The van der Waals surface area contributed by atoms with Gasteiger partial charge in [0.2, 0.25) is 5.91 Å². The van der Waals surface area contributed by atoms with Crippen LogP contribution in [0, 0.1) is 0 Å². The number of hydrogen-bond acceptors (Lipinski definition) is 6. The molecule has 1 unspecified atom stereocenters. The number of rotatable bonds is 3. The highest BCUT2D eigenvalue weighted by Gasteiger charge is 2.34. The van der Waals surface area contributed by atoms with E-state index < -0.39 is 6.04 Å². The molecule has 0 radical (unpaired) electrons. The first kappa shape index (κ1) is 17.6. The van der Waals surface area contributed by atoms with E-state index in [9.17, 15) is 15.0 Å². The van der Waals surface area contributed by atoms with Crippen molar-refractivity contribution in [2.45, 2.75) is 31.3 Å². The Hall–Kier alpha value is -2.77. The summed E-state index contributed by atoms with van der Waals surface area (Å²) in [6.07, 6.45) is 1.82. The van der Waals surface area contributed by atoms with E-state index in [1.54, 1.807) is 0 Å². The zero-order valence-electron chi connectivity index (χ0n) is 15.0. The molecule has 0 saturated carbocycles. The smallest absolute Gasteiger partial charge is 0.246 e. The minimum atomic E-state index is -0.566. The zero-order chi connectivity index (χ0) is 19.0. The van der Waals surface area contributed by atoms with Gasteiger partial charge in [0.05, 0.1) is 5.69 Å². The van der Waals surface area contributed by atoms with Gasteiger partial charge in [-0.2, -0.15) is 0 Å². The first-order valence-electron chi connectivity index (χ1n) is 9.22. The van der Waals surface area contributed by atoms with Crippen molar-refractivity contribution in [2.24, 2.45) is 5.73 Å². The molecule has 7 nitrogen and oxygen atoms in total. The maximum atomic E-state index is 13.0. The number of nitrogens with zero attached hydrogens (tertiary/aromatic N) is 1. The van der Waals surface area contributed by atoms with Gasteiger partial charge in [-0.15, -0.1) is 0 Å². The lowest BCUT2D eigenvalue weighted by molar-refractivity contribution is -0.134. The van der Waals surface area contributed by atoms with Crippen molar-refractivity contribution in [3.05, 3.63) is 53.1 Å². The molecule has 7 heteroatoms. The number of hydrazine groups is 1. The number of fused-ring (bicyclic) bond motifs is 1. The Morgan fingerprint density at radius 2 is 1.89 bits per heavy atom. The second kappa shape index (κ2) is 7.09. The number of nitrogens with one attached hydrogen (secondary N) is 2. The van der Waals surface area contributed by atoms with E-state index in [4.69, 9.17) is 5.73 Å². The molecule has 142 valence electrons. The first-order valence-corrected chi connectivity index (χ1v) is 9.22. The normalized spacial score (nSPS) is 19.6. The number of anilines is 1. The summed E-state index contributed by atoms with van der Waals surface area (Å²) in [4.78, 5) is 14.8. The molecule has 0 spiro atoms. The van der Waals surface area contributed by atoms with Crippen LogP contribution in [-0.4, -0.2) is 34.1 Å². The number of carbonyl (C=O) groups excluding carboxylic acids is 1. The van der Waals surface area contributed by atoms with Crippen molar-refractivity contribution in [1.29, 1.82) is 0 Å². The third-order valence-corrected chi connectivity index (χ3v) is 5.52. The fourth-order valence-corrected chi connectivity index (χ4v) is 3.95. The number of piperidine rings is 1. The van der Waals surface area contributed by atoms with Crippen LogP contribution in [0.1, 0.15) is 41.5 Å². The standard InChI is InChI=1S/C20H24N4O3/c21-11-12-2-1-3-14(8-12)13-4-6-24(7-5-13)20(27)19-15-9-17(25)18(26)10-16(15)22-23-19/h1-3,8-10,13,19,22-23,25-26H,4-7,11,21H2. The fraction of sp³-hybridized carbons (Fsp3) is 0.350. The van der Waals surface area contributed by atoms with Crippen molar-refractivity contribution in [1.82, 2.24) is 10.3 Å². The number of hydrogen-bond donors (Lipinski definition) is 5. The summed E-state index contributed by atoms with van der Waals surface area (Å²) in [6, 6.07) is 10.7. The van der Waals surface area contributed by atoms with E-state index in [0.717, 1.165) is 18.4 Å². The van der Waals surface area contributed by atoms with Gasteiger partial charge in [-0.3, -0.25) is 4.79 Å². The van der Waals surface area contributed by atoms with E-state index in [1.165, 1.54) is 17.7 Å². The molecule has 2 aromatic carbocycles. The molecule has 4 rings (SSSR count). The number of amides is 1. The van der Waals surface area contributed by atoms with Crippen LogP contribution in [0.2, 0.25) is 0 Å². The minimum absolute atomic E-state index is 0.0273. The third-order valence-electron chi connectivity index (χ3n) is 5.52. The van der Waals surface area contributed by atoms with Gasteiger partial charge in [0.1, 0.15) is 6.04 Å². The van der Waals surface area contributed by atoms with E-state index in [-0.39, 0.29) is 17.4 Å². The van der Waals surface area contributed by atoms with Gasteiger partial charge in [-0.05, 0) is 36.0 Å². The summed E-state index contributed by atoms with van der Waals surface area (Å²) in [5, 5.41) is 19.4. The molecule has 1 amide bonds. The molecule has 0 aromatic heterocycles. The highest BCUT2D eigenvalue weighted by molar-refractivity contribution is 5.87. The van der Waals surface area contributed by atoms with Crippen LogP contribution in [-0.2, 0) is 11.3 Å². The molecule has 1 atom stereocenters. The molecule has 2 aliphatic rings. The Bertz CT molecular complexity index is 862. The number of benzene rings is 2. The van der Waals surface area contributed by atoms with Gasteiger partial charge in [0, 0.05) is 31.3 Å². The summed E-state index contributed by atoms with van der Waals surface area (Å²) in [7, 11) is 0. The predicted molar refractivity (Wildman–Crippen MR) is 102 cm³/mol. The number of carbonyl (C=O) groups is 1. The highest BCUT2D eigenvalue weighted by Crippen LogP contribution is 2.38. The van der Waals surface area contributed by atoms with Gasteiger partial charge in [-0.1, -0.05) is 24.3 Å². The van der Waals surface area contributed by atoms with E-state index >= 15 is 0 Å². The van der Waals surface area contributed by atoms with Crippen LogP contribution in [0.4, 0.5) is 5.69 Å². The average Bonchev–Trinajstić information content (AvgIpc) is 3.10. The van der Waals surface area contributed by atoms with E-state index in [1.807, 2.05) is 17.0 Å². The maximum absolute atomic E-state index is 13.0. The van der Waals surface area contributed by atoms with Gasteiger partial charge < -0.3 is 26.3 Å². The molecular weight excluding hydrogens is 344 g/mol. The molecular formula is C20H24N4O3. The Balaban J connectivity index is 1.43. The van der Waals surface area contributed by atoms with Crippen molar-refractivity contribution in [2.75, 3.05) is 18.5 Å². The Morgan fingerprint density at radius 1 is 1.15 bits per heavy atom. The lowest BCUT2D eigenvalue weighted by atomic mass is 9.88. The number of likely N-dealkylation sites (tertiary alicyclic amines) is 1. The summed E-state index contributed by atoms with van der Waals surface area (Å²) in [5.41, 5.74) is 15.3. The number of aromatic hydroxyl groups is 2. The topological polar surface area (TPSA) is 111 Å². The van der Waals surface area contributed by atoms with Crippen molar-refractivity contribution in [3.63, 3.8) is 0 Å². The van der Waals surface area contributed by atoms with Gasteiger partial charge in [-0.25, -0.2) is 5.43 Å². The lowest BCUT2D eigenvalue weighted by Gasteiger charge is -2.34. The van der Waals surface area contributed by atoms with Crippen molar-refractivity contribution >= 4 is 11.6 Å². The third kappa shape index (κ3) is 3.31. The molecule has 1 fully saturated rings. The number of phenols is 2. The van der Waals surface area contributed by atoms with Crippen LogP contribution in [0.15, 0.2) is 36.4 Å². The quantitative estimate of drug-likeness (QED) is 0.418. The number of phenolic OH excluding ortho intramolecular Hbond substituents is 2. The maximum Gasteiger partial charge on any atom is 0.246 e. The summed E-state index contributed by atoms with van der Waals surface area (Å²) in [5.74, 6) is -0.0313. The predicted octanol–water partition coefficient (Wildman–Crippen LogP) is 1.93. The summed E-state index contributed by atoms with van der Waals surface area (Å²) in [6.45, 7) is 1.91. The molecule has 6 N–H and O–H groups in total. The Morgan fingerprint density at radius 3 is 2.63 bits per heavy atom. The van der Waals surface area contributed by atoms with Crippen LogP contribution in [0.5, 0.6) is 11.5 Å². The second-order valence-corrected chi connectivity index (χ2v) is 7.18. The molecule has 0 aliphatic carbocycles. The summed E-state index contributed by atoms with van der Waals surface area (Å²) < 4.78 is 0. The SMILES string of the molecule is NCc1cccc(C2CCN(C(=O)C3NNc4cc(O)c(O)cc43)CC2)c1. The van der Waals surface area contributed by atoms with E-state index in [2.05, 4.69) is 23.0 Å². The molecule has 0 bridgehead atoms. The first-order chi connectivity index (χ1) is 13.1. The van der Waals surface area contributed by atoms with Crippen LogP contribution >= 0.6 is 0 Å². The van der Waals surface area contributed by atoms with Crippen LogP contribution < -0.4 is 16.6 Å². The monoisotopic (exact) mass is 368 g/mol. The lowest BCUT2D eigenvalue weighted by Crippen LogP contribution is -2.43. The average molecular weight is 368 g/mol. The Kier molecular flexibility index (Phi) is 4.63. The van der Waals surface area contributed by atoms with Gasteiger partial charge in [0.25, 0.3) is 0 Å². The molecule has 27 heavy (non-hydrogen) atoms. The summed E-state index contributed by atoms with van der Waals surface area (Å²) >= 11 is 0. The number of nitrogens with two attached hydrogens (primary N) is 1. The zero-order valence-corrected chi connectivity index (χ0v) is 15.0. The molecule has 2 aliphatic heterocycles. The molecule has 2 heterocycles. The van der Waals surface area contributed by atoms with Crippen molar-refractivity contribution < 1.29 is 15.0 Å². The minimum Gasteiger partial charge on any atom is -0.504 e. The highest BCUT2D eigenvalue weighted by atomic mass is 16.3. The van der Waals surface area contributed by atoms with Crippen LogP contribution in [0.25, 0.3) is 0 Å². The Labute approximate surface area is 157 Å². The van der Waals surface area contributed by atoms with Gasteiger partial charge in [0.15, 0.2) is 11.5 Å². The molecule has 2 aromatic rings. The van der Waals surface area contributed by atoms with Crippen LogP contribution in [0.3, 0.4) is 0 Å². The largest absolute Gasteiger partial charge is 0.504 e. The van der Waals surface area contributed by atoms with Crippen molar-refractivity contribution in [3.8, 4) is 11.5 Å².